The molecule has 0 aliphatic heterocycles. The van der Waals surface area contributed by atoms with Crippen LogP contribution >= 0.6 is 0 Å². The maximum atomic E-state index is 12.8. The first kappa shape index (κ1) is 34.7. The summed E-state index contributed by atoms with van der Waals surface area (Å²) >= 11 is 0. The van der Waals surface area contributed by atoms with Crippen LogP contribution in [-0.2, 0) is 28.9 Å². The second kappa shape index (κ2) is 16.2. The lowest BCUT2D eigenvalue weighted by Crippen LogP contribution is -2.25. The average molecular weight is 584 g/mol. The standard InChI is InChI=1S/C28H34FN5O4.2C2H6/c1-6-34-23-10-9-18(27-31-24(38-33-27)13-19(15-35)32-29)12-21(23)22(14-28(3,4)16-36)26(34)20-8-7-11-30-25(20)17(2)37-5;2*1-2/h7-12,15,17,19,32,36H,6,13-14,16H2,1-5H3;2*1-2H3. The Bertz CT molecular complexity index is 1420. The molecule has 4 aromatic rings. The minimum absolute atomic E-state index is 0.0218. The Kier molecular flexibility index (Phi) is 13.4. The first-order valence-electron chi connectivity index (χ1n) is 14.6. The van der Waals surface area contributed by atoms with E-state index >= 15 is 0 Å². The number of methoxy groups -OCH3 is 1. The average Bonchev–Trinajstić information content (AvgIpc) is 3.63. The van der Waals surface area contributed by atoms with E-state index in [9.17, 15) is 14.4 Å². The van der Waals surface area contributed by atoms with Gasteiger partial charge in [0.15, 0.2) is 0 Å². The van der Waals surface area contributed by atoms with E-state index in [0.717, 1.165) is 45.5 Å². The number of halogens is 1. The molecule has 0 aliphatic rings. The van der Waals surface area contributed by atoms with Crippen LogP contribution < -0.4 is 5.54 Å². The van der Waals surface area contributed by atoms with Gasteiger partial charge in [-0.05, 0) is 61.6 Å². The second-order valence-corrected chi connectivity index (χ2v) is 10.2. The van der Waals surface area contributed by atoms with Crippen LogP contribution in [0.3, 0.4) is 0 Å². The molecule has 0 spiro atoms. The zero-order valence-electron chi connectivity index (χ0n) is 26.4. The van der Waals surface area contributed by atoms with Crippen LogP contribution in [0.15, 0.2) is 41.1 Å². The van der Waals surface area contributed by atoms with E-state index in [1.807, 2.05) is 72.7 Å². The summed E-state index contributed by atoms with van der Waals surface area (Å²) in [6, 6.07) is 8.88. The van der Waals surface area contributed by atoms with Crippen molar-refractivity contribution in [1.82, 2.24) is 25.2 Å². The molecule has 0 saturated carbocycles. The Morgan fingerprint density at radius 1 is 1.21 bits per heavy atom. The molecule has 42 heavy (non-hydrogen) atoms. The van der Waals surface area contributed by atoms with Gasteiger partial charge in [0, 0.05) is 48.5 Å². The SMILES string of the molecule is CC.CC.CCn1c(-c2cccnc2C(C)OC)c(CC(C)(C)CO)c2cc(-c3noc(CC(C=O)NF)n3)ccc21. The summed E-state index contributed by atoms with van der Waals surface area (Å²) in [6.07, 6.45) is 2.57. The van der Waals surface area contributed by atoms with Gasteiger partial charge in [-0.25, -0.2) is 0 Å². The predicted octanol–water partition coefficient (Wildman–Crippen LogP) is 6.68. The first-order valence-corrected chi connectivity index (χ1v) is 14.6. The van der Waals surface area contributed by atoms with Crippen LogP contribution in [0, 0.1) is 5.41 Å². The van der Waals surface area contributed by atoms with Gasteiger partial charge >= 0.3 is 0 Å². The minimum Gasteiger partial charge on any atom is -0.396 e. The lowest BCUT2D eigenvalue weighted by atomic mass is 9.84. The quantitative estimate of drug-likeness (QED) is 0.140. The molecular formula is C32H46FN5O4. The fourth-order valence-electron chi connectivity index (χ4n) is 4.72. The van der Waals surface area contributed by atoms with Crippen molar-refractivity contribution in [3.63, 3.8) is 0 Å². The zero-order valence-corrected chi connectivity index (χ0v) is 26.4. The van der Waals surface area contributed by atoms with Crippen LogP contribution in [0.25, 0.3) is 33.5 Å². The van der Waals surface area contributed by atoms with Gasteiger partial charge in [-0.15, -0.1) is 10.0 Å². The van der Waals surface area contributed by atoms with Gasteiger partial charge in [-0.2, -0.15) is 4.98 Å². The molecule has 2 N–H and O–H groups in total. The molecule has 3 aromatic heterocycles. The van der Waals surface area contributed by atoms with Gasteiger partial charge < -0.3 is 23.7 Å². The lowest BCUT2D eigenvalue weighted by molar-refractivity contribution is -0.110. The number of aromatic nitrogens is 4. The van der Waals surface area contributed by atoms with Crippen LogP contribution in [0.4, 0.5) is 4.48 Å². The van der Waals surface area contributed by atoms with E-state index in [0.29, 0.717) is 18.5 Å². The number of aliphatic hydroxyl groups excluding tert-OH is 1. The molecule has 9 nitrogen and oxygen atoms in total. The highest BCUT2D eigenvalue weighted by Gasteiger charge is 2.28. The summed E-state index contributed by atoms with van der Waals surface area (Å²) in [5, 5.41) is 15.2. The zero-order chi connectivity index (χ0) is 31.4. The highest BCUT2D eigenvalue weighted by molar-refractivity contribution is 5.94. The van der Waals surface area contributed by atoms with Gasteiger partial charge in [-0.1, -0.05) is 46.7 Å². The van der Waals surface area contributed by atoms with Gasteiger partial charge in [0.05, 0.1) is 23.9 Å². The first-order chi connectivity index (χ1) is 20.3. The molecule has 3 heterocycles. The Balaban J connectivity index is 0.00000148. The number of rotatable bonds is 12. The van der Waals surface area contributed by atoms with Crippen LogP contribution in [-0.4, -0.2) is 50.8 Å². The van der Waals surface area contributed by atoms with Crippen molar-refractivity contribution in [3.05, 3.63) is 53.7 Å². The van der Waals surface area contributed by atoms with E-state index in [4.69, 9.17) is 9.26 Å². The number of carbonyl (C=O) groups is 1. The summed E-state index contributed by atoms with van der Waals surface area (Å²) in [5.74, 6) is 0.503. The third-order valence-electron chi connectivity index (χ3n) is 6.83. The number of ether oxygens (including phenoxy) is 1. The second-order valence-electron chi connectivity index (χ2n) is 10.2. The van der Waals surface area contributed by atoms with Crippen LogP contribution in [0.5, 0.6) is 0 Å². The molecule has 1 aromatic carbocycles. The summed E-state index contributed by atoms with van der Waals surface area (Å²) < 4.78 is 25.9. The third kappa shape index (κ3) is 7.67. The van der Waals surface area contributed by atoms with Gasteiger partial charge in [0.2, 0.25) is 11.7 Å². The van der Waals surface area contributed by atoms with Crippen LogP contribution in [0.2, 0.25) is 0 Å². The summed E-state index contributed by atoms with van der Waals surface area (Å²) in [5.41, 5.74) is 6.72. The Morgan fingerprint density at radius 3 is 2.52 bits per heavy atom. The Labute approximate surface area is 248 Å². The fourth-order valence-corrected chi connectivity index (χ4v) is 4.72. The molecular weight excluding hydrogens is 537 g/mol. The molecule has 0 aliphatic carbocycles. The molecule has 0 saturated heterocycles. The molecule has 2 atom stereocenters. The number of fused-ring (bicyclic) bond motifs is 1. The molecule has 4 rings (SSSR count). The molecule has 2 unspecified atom stereocenters. The summed E-state index contributed by atoms with van der Waals surface area (Å²) in [6.45, 7) is 16.9. The predicted molar refractivity (Wildman–Crippen MR) is 165 cm³/mol. The van der Waals surface area contributed by atoms with Crippen molar-refractivity contribution in [2.45, 2.75) is 86.9 Å². The Hall–Kier alpha value is -3.47. The third-order valence-corrected chi connectivity index (χ3v) is 6.83. The number of hydrogen-bond donors (Lipinski definition) is 2. The van der Waals surface area contributed by atoms with Crippen molar-refractivity contribution in [2.24, 2.45) is 5.41 Å². The smallest absolute Gasteiger partial charge is 0.229 e. The minimum atomic E-state index is -1.05. The summed E-state index contributed by atoms with van der Waals surface area (Å²) in [7, 11) is 1.67. The lowest BCUT2D eigenvalue weighted by Gasteiger charge is -2.23. The van der Waals surface area contributed by atoms with Crippen molar-refractivity contribution in [3.8, 4) is 22.6 Å². The number of pyridine rings is 1. The topological polar surface area (TPSA) is 115 Å². The maximum absolute atomic E-state index is 12.8. The Morgan fingerprint density at radius 2 is 1.93 bits per heavy atom. The van der Waals surface area contributed by atoms with E-state index in [-0.39, 0.29) is 30.4 Å². The maximum Gasteiger partial charge on any atom is 0.229 e. The number of benzene rings is 1. The normalized spacial score (nSPS) is 12.6. The number of hydrogen-bond acceptors (Lipinski definition) is 8. The van der Waals surface area contributed by atoms with E-state index in [1.54, 1.807) is 13.3 Å². The number of aryl methyl sites for hydroxylation is 1. The molecule has 10 heteroatoms. The van der Waals surface area contributed by atoms with Crippen molar-refractivity contribution < 1.29 is 23.6 Å². The monoisotopic (exact) mass is 583 g/mol. The number of aliphatic hydroxyl groups is 1. The van der Waals surface area contributed by atoms with Gasteiger partial charge in [0.1, 0.15) is 12.3 Å². The fraction of sp³-hybridized carbons (Fsp3) is 0.500. The largest absolute Gasteiger partial charge is 0.396 e. The van der Waals surface area contributed by atoms with E-state index in [1.165, 1.54) is 5.54 Å². The van der Waals surface area contributed by atoms with Crippen molar-refractivity contribution in [1.29, 1.82) is 0 Å². The number of nitrogens with one attached hydrogen (secondary N) is 1. The molecule has 0 fully saturated rings. The molecule has 0 amide bonds. The van der Waals surface area contributed by atoms with Gasteiger partial charge in [0.25, 0.3) is 0 Å². The number of carbonyl (C=O) groups excluding carboxylic acids is 1. The molecule has 230 valence electrons. The van der Waals surface area contributed by atoms with Gasteiger partial charge in [-0.3, -0.25) is 4.98 Å². The molecule has 0 radical (unpaired) electrons. The molecule has 0 bridgehead atoms. The van der Waals surface area contributed by atoms with Crippen LogP contribution in [0.1, 0.15) is 78.6 Å². The number of aldehydes is 1. The highest BCUT2D eigenvalue weighted by atomic mass is 19.2. The van der Waals surface area contributed by atoms with Crippen molar-refractivity contribution >= 4 is 17.2 Å². The van der Waals surface area contributed by atoms with E-state index < -0.39 is 6.04 Å². The van der Waals surface area contributed by atoms with Crippen molar-refractivity contribution in [2.75, 3.05) is 13.7 Å². The van der Waals surface area contributed by atoms with E-state index in [2.05, 4.69) is 32.7 Å². The highest BCUT2D eigenvalue weighted by Crippen LogP contribution is 2.41. The summed E-state index contributed by atoms with van der Waals surface area (Å²) in [4.78, 5) is 20.0. The number of nitrogens with zero attached hydrogens (tertiary/aromatic N) is 4.